The van der Waals surface area contributed by atoms with Gasteiger partial charge in [0.15, 0.2) is 0 Å². The highest BCUT2D eigenvalue weighted by Crippen LogP contribution is 2.15. The molecule has 17 heavy (non-hydrogen) atoms. The summed E-state index contributed by atoms with van der Waals surface area (Å²) in [6.45, 7) is 1.84. The van der Waals surface area contributed by atoms with E-state index in [1.807, 2.05) is 6.92 Å². The first kappa shape index (κ1) is 13.4. The Labute approximate surface area is 106 Å². The highest BCUT2D eigenvalue weighted by atomic mass is 32.1. The molecule has 1 aromatic carbocycles. The molecule has 0 saturated carbocycles. The second-order valence-corrected chi connectivity index (χ2v) is 4.47. The number of phenolic OH excluding ortho intramolecular Hbond substituents is 1. The zero-order valence-electron chi connectivity index (χ0n) is 9.64. The molecule has 0 aliphatic heterocycles. The number of nitrogens with one attached hydrogen (secondary N) is 1. The summed E-state index contributed by atoms with van der Waals surface area (Å²) in [6, 6.07) is 6.67. The van der Waals surface area contributed by atoms with Crippen LogP contribution in [0, 0.1) is 0 Å². The van der Waals surface area contributed by atoms with E-state index in [1.54, 1.807) is 24.3 Å². The predicted octanol–water partition coefficient (Wildman–Crippen LogP) is 1.12. The number of hydrogen-bond donors (Lipinski definition) is 3. The number of carbonyl (C=O) groups is 1. The fraction of sp³-hybridized carbons (Fsp3) is 0.333. The van der Waals surface area contributed by atoms with Crippen LogP contribution in [0.3, 0.4) is 0 Å². The summed E-state index contributed by atoms with van der Waals surface area (Å²) in [4.78, 5) is 12.0. The third-order valence-corrected chi connectivity index (χ3v) is 2.42. The minimum absolute atomic E-state index is 0.0918. The van der Waals surface area contributed by atoms with Gasteiger partial charge in [-0.25, -0.2) is 0 Å². The van der Waals surface area contributed by atoms with Crippen LogP contribution in [0.2, 0.25) is 0 Å². The van der Waals surface area contributed by atoms with Gasteiger partial charge in [0, 0.05) is 18.0 Å². The van der Waals surface area contributed by atoms with E-state index < -0.39 is 0 Å². The molecule has 92 valence electrons. The van der Waals surface area contributed by atoms with Crippen LogP contribution >= 0.6 is 12.2 Å². The molecule has 0 spiro atoms. The van der Waals surface area contributed by atoms with Gasteiger partial charge in [0.2, 0.25) is 5.91 Å². The Morgan fingerprint density at radius 3 is 2.76 bits per heavy atom. The third kappa shape index (κ3) is 4.82. The van der Waals surface area contributed by atoms with Crippen molar-refractivity contribution in [3.8, 4) is 5.75 Å². The maximum atomic E-state index is 11.7. The van der Waals surface area contributed by atoms with E-state index >= 15 is 0 Å². The summed E-state index contributed by atoms with van der Waals surface area (Å²) >= 11 is 4.76. The first-order chi connectivity index (χ1) is 7.99. The summed E-state index contributed by atoms with van der Waals surface area (Å²) < 4.78 is 0. The molecule has 0 fully saturated rings. The Bertz CT molecular complexity index is 421. The van der Waals surface area contributed by atoms with Crippen LogP contribution in [0.25, 0.3) is 0 Å². The van der Waals surface area contributed by atoms with E-state index in [2.05, 4.69) is 5.32 Å². The fourth-order valence-electron chi connectivity index (χ4n) is 1.51. The van der Waals surface area contributed by atoms with Gasteiger partial charge in [0.1, 0.15) is 5.75 Å². The molecule has 0 heterocycles. The van der Waals surface area contributed by atoms with Crippen LogP contribution in [0.1, 0.15) is 18.9 Å². The monoisotopic (exact) mass is 252 g/mol. The SMILES string of the molecule is CC(CC(N)=S)NC(=O)Cc1ccccc1O. The quantitative estimate of drug-likeness (QED) is 0.686. The second kappa shape index (κ2) is 6.20. The van der Waals surface area contributed by atoms with E-state index in [-0.39, 0.29) is 24.1 Å². The van der Waals surface area contributed by atoms with E-state index in [4.69, 9.17) is 18.0 Å². The summed E-state index contributed by atoms with van der Waals surface area (Å²) in [5.41, 5.74) is 5.99. The summed E-state index contributed by atoms with van der Waals surface area (Å²) in [7, 11) is 0. The van der Waals surface area contributed by atoms with Crippen molar-refractivity contribution in [2.45, 2.75) is 25.8 Å². The Balaban J connectivity index is 2.50. The minimum Gasteiger partial charge on any atom is -0.508 e. The van der Waals surface area contributed by atoms with Crippen LogP contribution < -0.4 is 11.1 Å². The van der Waals surface area contributed by atoms with E-state index in [9.17, 15) is 9.90 Å². The number of benzene rings is 1. The van der Waals surface area contributed by atoms with Crippen LogP contribution in [0.5, 0.6) is 5.75 Å². The number of amides is 1. The van der Waals surface area contributed by atoms with Crippen LogP contribution in [-0.2, 0) is 11.2 Å². The van der Waals surface area contributed by atoms with Crippen LogP contribution in [-0.4, -0.2) is 22.0 Å². The maximum absolute atomic E-state index is 11.7. The van der Waals surface area contributed by atoms with Crippen molar-refractivity contribution in [3.63, 3.8) is 0 Å². The van der Waals surface area contributed by atoms with Gasteiger partial charge in [-0.05, 0) is 13.0 Å². The molecule has 0 aliphatic rings. The van der Waals surface area contributed by atoms with Gasteiger partial charge in [-0.3, -0.25) is 4.79 Å². The van der Waals surface area contributed by atoms with Crippen molar-refractivity contribution < 1.29 is 9.90 Å². The summed E-state index contributed by atoms with van der Waals surface area (Å²) in [6.07, 6.45) is 0.621. The molecule has 1 amide bonds. The molecule has 0 aliphatic carbocycles. The smallest absolute Gasteiger partial charge is 0.224 e. The zero-order valence-corrected chi connectivity index (χ0v) is 10.5. The average molecular weight is 252 g/mol. The molecule has 4 nitrogen and oxygen atoms in total. The van der Waals surface area contributed by atoms with Crippen molar-refractivity contribution in [2.24, 2.45) is 5.73 Å². The van der Waals surface area contributed by atoms with Crippen molar-refractivity contribution in [1.82, 2.24) is 5.32 Å². The lowest BCUT2D eigenvalue weighted by molar-refractivity contribution is -0.121. The van der Waals surface area contributed by atoms with E-state index in [0.29, 0.717) is 17.0 Å². The normalized spacial score (nSPS) is 11.8. The Morgan fingerprint density at radius 2 is 2.18 bits per heavy atom. The lowest BCUT2D eigenvalue weighted by Gasteiger charge is -2.13. The molecular formula is C12H16N2O2S. The Morgan fingerprint density at radius 1 is 1.53 bits per heavy atom. The topological polar surface area (TPSA) is 75.3 Å². The first-order valence-electron chi connectivity index (χ1n) is 5.33. The standard InChI is InChI=1S/C12H16N2O2S/c1-8(6-11(13)17)14-12(16)7-9-4-2-3-5-10(9)15/h2-5,8,15H,6-7H2,1H3,(H2,13,17)(H,14,16). The van der Waals surface area contributed by atoms with E-state index in [0.717, 1.165) is 0 Å². The Kier molecular flexibility index (Phi) is 4.90. The molecule has 0 saturated heterocycles. The van der Waals surface area contributed by atoms with Gasteiger partial charge in [-0.15, -0.1) is 0 Å². The molecular weight excluding hydrogens is 236 g/mol. The Hall–Kier alpha value is -1.62. The van der Waals surface area contributed by atoms with Crippen molar-refractivity contribution in [1.29, 1.82) is 0 Å². The summed E-state index contributed by atoms with van der Waals surface area (Å²) in [5, 5.41) is 12.3. The number of aromatic hydroxyl groups is 1. The number of para-hydroxylation sites is 1. The molecule has 1 aromatic rings. The molecule has 0 radical (unpaired) electrons. The van der Waals surface area contributed by atoms with Crippen molar-refractivity contribution in [3.05, 3.63) is 29.8 Å². The molecule has 1 rings (SSSR count). The number of rotatable bonds is 5. The van der Waals surface area contributed by atoms with Gasteiger partial charge in [0.25, 0.3) is 0 Å². The predicted molar refractivity (Wildman–Crippen MR) is 70.8 cm³/mol. The minimum atomic E-state index is -0.157. The number of thiocarbonyl (C=S) groups is 1. The van der Waals surface area contributed by atoms with Crippen LogP contribution in [0.4, 0.5) is 0 Å². The average Bonchev–Trinajstić information content (AvgIpc) is 2.19. The molecule has 1 atom stereocenters. The van der Waals surface area contributed by atoms with Gasteiger partial charge >= 0.3 is 0 Å². The fourth-order valence-corrected chi connectivity index (χ4v) is 1.76. The lowest BCUT2D eigenvalue weighted by atomic mass is 10.1. The van der Waals surface area contributed by atoms with Gasteiger partial charge in [-0.2, -0.15) is 0 Å². The molecule has 0 bridgehead atoms. The van der Waals surface area contributed by atoms with E-state index in [1.165, 1.54) is 0 Å². The largest absolute Gasteiger partial charge is 0.508 e. The van der Waals surface area contributed by atoms with Gasteiger partial charge in [-0.1, -0.05) is 30.4 Å². The van der Waals surface area contributed by atoms with Crippen molar-refractivity contribution in [2.75, 3.05) is 0 Å². The van der Waals surface area contributed by atoms with Gasteiger partial charge in [0.05, 0.1) is 11.4 Å². The highest BCUT2D eigenvalue weighted by molar-refractivity contribution is 7.80. The lowest BCUT2D eigenvalue weighted by Crippen LogP contribution is -2.36. The number of carbonyl (C=O) groups excluding carboxylic acids is 1. The summed E-state index contributed by atoms with van der Waals surface area (Å²) in [5.74, 6) is -0.0279. The first-order valence-corrected chi connectivity index (χ1v) is 5.74. The third-order valence-electron chi connectivity index (χ3n) is 2.26. The molecule has 0 aromatic heterocycles. The second-order valence-electron chi connectivity index (χ2n) is 3.94. The molecule has 5 heteroatoms. The zero-order chi connectivity index (χ0) is 12.8. The number of nitrogens with two attached hydrogens (primary N) is 1. The number of hydrogen-bond acceptors (Lipinski definition) is 3. The van der Waals surface area contributed by atoms with Crippen LogP contribution in [0.15, 0.2) is 24.3 Å². The number of phenols is 1. The maximum Gasteiger partial charge on any atom is 0.224 e. The highest BCUT2D eigenvalue weighted by Gasteiger charge is 2.10. The molecule has 4 N–H and O–H groups in total. The van der Waals surface area contributed by atoms with Crippen molar-refractivity contribution >= 4 is 23.1 Å². The molecule has 1 unspecified atom stereocenters. The van der Waals surface area contributed by atoms with Gasteiger partial charge < -0.3 is 16.2 Å².